The second kappa shape index (κ2) is 2.58. The van der Waals surface area contributed by atoms with Crippen LogP contribution in [0.15, 0.2) is 41.0 Å². The number of hydrogen-bond donors (Lipinski definition) is 0. The predicted molar refractivity (Wildman–Crippen MR) is 40.8 cm³/mol. The van der Waals surface area contributed by atoms with Crippen LogP contribution in [-0.4, -0.2) is 4.98 Å². The van der Waals surface area contributed by atoms with Gasteiger partial charge in [0.15, 0.2) is 0 Å². The number of rotatable bonds is 1. The van der Waals surface area contributed by atoms with E-state index in [0.29, 0.717) is 0 Å². The van der Waals surface area contributed by atoms with Crippen LogP contribution in [-0.2, 0) is 0 Å². The van der Waals surface area contributed by atoms with Crippen molar-refractivity contribution in [3.05, 3.63) is 43.0 Å². The molecule has 0 N–H and O–H groups in total. The summed E-state index contributed by atoms with van der Waals surface area (Å²) >= 11 is 0. The van der Waals surface area contributed by atoms with E-state index >= 15 is 0 Å². The molecule has 0 aliphatic heterocycles. The van der Waals surface area contributed by atoms with Crippen LogP contribution in [0.4, 0.5) is 0 Å². The molecule has 0 fully saturated rings. The lowest BCUT2D eigenvalue weighted by Gasteiger charge is -1.90. The van der Waals surface area contributed by atoms with E-state index in [2.05, 4.69) is 11.4 Å². The van der Waals surface area contributed by atoms with E-state index in [9.17, 15) is 0 Å². The third kappa shape index (κ3) is 1.15. The van der Waals surface area contributed by atoms with Crippen LogP contribution < -0.4 is 0 Å². The summed E-state index contributed by atoms with van der Waals surface area (Å²) in [4.78, 5) is 3.89. The number of nitrogens with zero attached hydrogens (tertiary/aromatic N) is 1. The maximum absolute atomic E-state index is 4.73. The molecule has 0 aliphatic rings. The first-order valence-corrected chi connectivity index (χ1v) is 3.34. The Kier molecular flexibility index (Phi) is 1.44. The Balaban J connectivity index is 2.46. The number of hydrogen-bond acceptors (Lipinski definition) is 2. The average Bonchev–Trinajstić information content (AvgIpc) is 2.58. The van der Waals surface area contributed by atoms with Gasteiger partial charge >= 0.3 is 0 Å². The van der Waals surface area contributed by atoms with E-state index in [0.717, 1.165) is 11.3 Å². The van der Waals surface area contributed by atoms with Crippen molar-refractivity contribution >= 4 is 0 Å². The highest BCUT2D eigenvalue weighted by atomic mass is 16.3. The van der Waals surface area contributed by atoms with Crippen LogP contribution in [0.2, 0.25) is 0 Å². The van der Waals surface area contributed by atoms with E-state index in [1.165, 1.54) is 0 Å². The average molecular weight is 144 g/mol. The van der Waals surface area contributed by atoms with Gasteiger partial charge in [0.2, 0.25) is 0 Å². The Hall–Kier alpha value is -1.57. The van der Waals surface area contributed by atoms with Gasteiger partial charge in [-0.15, -0.1) is 0 Å². The quantitative estimate of drug-likeness (QED) is 0.612. The van der Waals surface area contributed by atoms with Crippen molar-refractivity contribution in [3.8, 4) is 11.3 Å². The highest BCUT2D eigenvalue weighted by Gasteiger charge is 1.97. The number of aromatic nitrogens is 1. The fraction of sp³-hybridized carbons (Fsp3) is 0. The molecule has 0 amide bonds. The molecule has 11 heavy (non-hydrogen) atoms. The van der Waals surface area contributed by atoms with Gasteiger partial charge in [0.05, 0.1) is 0 Å². The summed E-state index contributed by atoms with van der Waals surface area (Å²) in [6.07, 6.45) is 3.98. The van der Waals surface area contributed by atoms with Crippen molar-refractivity contribution in [1.82, 2.24) is 4.98 Å². The van der Waals surface area contributed by atoms with Crippen LogP contribution in [0.3, 0.4) is 0 Å². The van der Waals surface area contributed by atoms with Gasteiger partial charge in [0.25, 0.3) is 6.39 Å². The molecule has 53 valence electrons. The van der Waals surface area contributed by atoms with Gasteiger partial charge in [-0.25, -0.2) is 4.98 Å². The molecule has 0 aliphatic carbocycles. The molecule has 1 heterocycles. The molecular weight excluding hydrogens is 138 g/mol. The van der Waals surface area contributed by atoms with Crippen molar-refractivity contribution < 1.29 is 4.42 Å². The number of oxazole rings is 1. The second-order valence-electron chi connectivity index (χ2n) is 2.19. The SMILES string of the molecule is [c]1nc(-c2ccccc2)co1. The Morgan fingerprint density at radius 2 is 2.00 bits per heavy atom. The molecule has 0 unspecified atom stereocenters. The van der Waals surface area contributed by atoms with Gasteiger partial charge in [-0.3, -0.25) is 0 Å². The summed E-state index contributed by atoms with van der Waals surface area (Å²) < 4.78 is 4.73. The Bertz CT molecular complexity index is 313. The lowest BCUT2D eigenvalue weighted by Crippen LogP contribution is -1.73. The Morgan fingerprint density at radius 1 is 1.18 bits per heavy atom. The molecule has 0 saturated carbocycles. The third-order valence-electron chi connectivity index (χ3n) is 1.46. The van der Waals surface area contributed by atoms with Crippen LogP contribution in [0, 0.1) is 6.39 Å². The lowest BCUT2D eigenvalue weighted by molar-refractivity contribution is 0.548. The van der Waals surface area contributed by atoms with Gasteiger partial charge in [0, 0.05) is 5.56 Å². The van der Waals surface area contributed by atoms with Crippen molar-refractivity contribution in [2.45, 2.75) is 0 Å². The van der Waals surface area contributed by atoms with E-state index < -0.39 is 0 Å². The first kappa shape index (κ1) is 6.16. The fourth-order valence-corrected chi connectivity index (χ4v) is 0.926. The zero-order chi connectivity index (χ0) is 7.52. The topological polar surface area (TPSA) is 26.0 Å². The molecule has 1 aromatic heterocycles. The van der Waals surface area contributed by atoms with Gasteiger partial charge in [-0.2, -0.15) is 0 Å². The smallest absolute Gasteiger partial charge is 0.284 e. The molecule has 0 saturated heterocycles. The minimum atomic E-state index is 0.825. The molecule has 2 nitrogen and oxygen atoms in total. The Morgan fingerprint density at radius 3 is 2.64 bits per heavy atom. The summed E-state index contributed by atoms with van der Waals surface area (Å²) in [6, 6.07) is 9.85. The molecule has 2 heteroatoms. The van der Waals surface area contributed by atoms with Gasteiger partial charge in [0.1, 0.15) is 12.0 Å². The summed E-state index contributed by atoms with van der Waals surface area (Å²) in [6.45, 7) is 0. The number of benzene rings is 1. The third-order valence-corrected chi connectivity index (χ3v) is 1.46. The maximum Gasteiger partial charge on any atom is 0.284 e. The summed E-state index contributed by atoms with van der Waals surface area (Å²) in [7, 11) is 0. The van der Waals surface area contributed by atoms with E-state index in [1.807, 2.05) is 30.3 Å². The Labute approximate surface area is 64.5 Å². The van der Waals surface area contributed by atoms with E-state index in [-0.39, 0.29) is 0 Å². The minimum absolute atomic E-state index is 0.825. The first-order valence-electron chi connectivity index (χ1n) is 3.34. The van der Waals surface area contributed by atoms with Crippen LogP contribution in [0.1, 0.15) is 0 Å². The van der Waals surface area contributed by atoms with E-state index in [1.54, 1.807) is 6.26 Å². The van der Waals surface area contributed by atoms with Crippen molar-refractivity contribution in [2.24, 2.45) is 0 Å². The largest absolute Gasteiger partial charge is 0.440 e. The van der Waals surface area contributed by atoms with Gasteiger partial charge in [-0.05, 0) is 0 Å². The van der Waals surface area contributed by atoms with Crippen molar-refractivity contribution in [2.75, 3.05) is 0 Å². The molecule has 0 bridgehead atoms. The van der Waals surface area contributed by atoms with Crippen LogP contribution >= 0.6 is 0 Å². The maximum atomic E-state index is 4.73. The van der Waals surface area contributed by atoms with Crippen LogP contribution in [0.5, 0.6) is 0 Å². The minimum Gasteiger partial charge on any atom is -0.440 e. The highest BCUT2D eigenvalue weighted by molar-refractivity contribution is 5.56. The molecule has 2 aromatic rings. The standard InChI is InChI=1S/C9H6NO/c1-2-4-8(5-3-1)9-6-11-7-10-9/h1-6H. The summed E-state index contributed by atoms with van der Waals surface area (Å²) in [5.74, 6) is 0. The highest BCUT2D eigenvalue weighted by Crippen LogP contribution is 2.14. The molecule has 1 radical (unpaired) electrons. The zero-order valence-electron chi connectivity index (χ0n) is 5.82. The molecule has 0 spiro atoms. The summed E-state index contributed by atoms with van der Waals surface area (Å²) in [5.41, 5.74) is 1.88. The normalized spacial score (nSPS) is 9.82. The monoisotopic (exact) mass is 144 g/mol. The van der Waals surface area contributed by atoms with Crippen molar-refractivity contribution in [1.29, 1.82) is 0 Å². The van der Waals surface area contributed by atoms with Gasteiger partial charge in [-0.1, -0.05) is 30.3 Å². The molecule has 0 atom stereocenters. The zero-order valence-corrected chi connectivity index (χ0v) is 5.82. The van der Waals surface area contributed by atoms with E-state index in [4.69, 9.17) is 4.42 Å². The predicted octanol–water partition coefficient (Wildman–Crippen LogP) is 2.14. The fourth-order valence-electron chi connectivity index (χ4n) is 0.926. The van der Waals surface area contributed by atoms with Crippen molar-refractivity contribution in [3.63, 3.8) is 0 Å². The summed E-state index contributed by atoms with van der Waals surface area (Å²) in [5, 5.41) is 0. The van der Waals surface area contributed by atoms with Crippen LogP contribution in [0.25, 0.3) is 11.3 Å². The lowest BCUT2D eigenvalue weighted by atomic mass is 10.2. The first-order chi connectivity index (χ1) is 5.47. The second-order valence-corrected chi connectivity index (χ2v) is 2.19. The molecular formula is C9H6NO. The molecule has 2 rings (SSSR count). The van der Waals surface area contributed by atoms with Gasteiger partial charge < -0.3 is 4.42 Å². The molecule has 1 aromatic carbocycles.